The number of fused-ring (bicyclic) bond motifs is 5. The summed E-state index contributed by atoms with van der Waals surface area (Å²) in [5.41, 5.74) is -0.871. The highest BCUT2D eigenvalue weighted by atomic mass is 35.5. The van der Waals surface area contributed by atoms with Gasteiger partial charge in [-0.2, -0.15) is 0 Å². The molecule has 0 saturated carbocycles. The van der Waals surface area contributed by atoms with Gasteiger partial charge in [-0.15, -0.1) is 0 Å². The first-order valence-corrected chi connectivity index (χ1v) is 18.1. The highest BCUT2D eigenvalue weighted by molar-refractivity contribution is 6.35. The number of rotatable bonds is 7. The fraction of sp³-hybridized carbons (Fsp3) is 0.632. The van der Waals surface area contributed by atoms with Crippen molar-refractivity contribution in [3.8, 4) is 5.75 Å². The fourth-order valence-corrected chi connectivity index (χ4v) is 6.79. The Morgan fingerprint density at radius 3 is 2.43 bits per heavy atom. The molecule has 1 aromatic rings. The third kappa shape index (κ3) is 10.5. The van der Waals surface area contributed by atoms with Crippen LogP contribution < -0.4 is 15.0 Å². The van der Waals surface area contributed by atoms with Crippen molar-refractivity contribution in [3.63, 3.8) is 0 Å². The maximum atomic E-state index is 14.0. The Balaban J connectivity index is 0.00000141. The maximum Gasteiger partial charge on any atom is 0.409 e. The van der Waals surface area contributed by atoms with Crippen molar-refractivity contribution in [2.45, 2.75) is 110 Å². The van der Waals surface area contributed by atoms with E-state index in [1.807, 2.05) is 26.8 Å². The van der Waals surface area contributed by atoms with Gasteiger partial charge in [0, 0.05) is 53.7 Å². The molecule has 0 radical (unpaired) electrons. The van der Waals surface area contributed by atoms with Crippen LogP contribution >= 0.6 is 11.6 Å². The number of halogens is 1. The summed E-state index contributed by atoms with van der Waals surface area (Å²) in [7, 11) is 5.97. The lowest BCUT2D eigenvalue weighted by Crippen LogP contribution is -2.63. The number of alkyl carbamates (subject to hydrolysis) is 1. The number of carbonyl (C=O) groups is 4. The van der Waals surface area contributed by atoms with Crippen LogP contribution in [0.25, 0.3) is 0 Å². The third-order valence-corrected chi connectivity index (χ3v) is 10.4. The van der Waals surface area contributed by atoms with E-state index in [-0.39, 0.29) is 23.8 Å². The zero-order valence-corrected chi connectivity index (χ0v) is 33.4. The number of ether oxygens (including phenoxy) is 6. The minimum atomic E-state index is -1.81. The molecule has 3 aliphatic heterocycles. The van der Waals surface area contributed by atoms with Gasteiger partial charge in [-0.25, -0.2) is 9.59 Å². The normalized spacial score (nSPS) is 30.8. The van der Waals surface area contributed by atoms with E-state index in [9.17, 15) is 24.3 Å². The number of amides is 3. The minimum absolute atomic E-state index is 0.0436. The zero-order valence-electron chi connectivity index (χ0n) is 32.7. The highest BCUT2D eigenvalue weighted by Gasteiger charge is 2.64. The molecule has 53 heavy (non-hydrogen) atoms. The van der Waals surface area contributed by atoms with Crippen LogP contribution in [-0.2, 0) is 44.5 Å². The van der Waals surface area contributed by atoms with E-state index in [4.69, 9.17) is 40.0 Å². The summed E-state index contributed by atoms with van der Waals surface area (Å²) in [6.45, 7) is 14.0. The van der Waals surface area contributed by atoms with Gasteiger partial charge in [-0.3, -0.25) is 14.9 Å². The number of nitrogens with zero attached hydrogens (tertiary/aromatic N) is 2. The predicted octanol–water partition coefficient (Wildman–Crippen LogP) is 4.58. The van der Waals surface area contributed by atoms with Gasteiger partial charge in [0.15, 0.2) is 5.72 Å². The molecular weight excluding hydrogens is 710 g/mol. The molecule has 8 atom stereocenters. The Labute approximate surface area is 317 Å². The lowest BCUT2D eigenvalue weighted by Gasteiger charge is -2.42. The van der Waals surface area contributed by atoms with Crippen molar-refractivity contribution in [2.24, 2.45) is 5.92 Å². The van der Waals surface area contributed by atoms with Crippen LogP contribution in [0.1, 0.15) is 66.9 Å². The largest absolute Gasteiger partial charge is 0.495 e. The average molecular weight is 766 g/mol. The first kappa shape index (κ1) is 43.7. The number of methoxy groups -OCH3 is 2. The van der Waals surface area contributed by atoms with Crippen LogP contribution in [0.15, 0.2) is 35.9 Å². The number of likely N-dealkylation sites (N-methyl/N-ethyl adjacent to an activating group) is 1. The van der Waals surface area contributed by atoms with E-state index < -0.39 is 65.7 Å². The van der Waals surface area contributed by atoms with E-state index in [2.05, 4.69) is 5.32 Å². The minimum Gasteiger partial charge on any atom is -0.495 e. The first-order valence-electron chi connectivity index (χ1n) is 17.8. The lowest BCUT2D eigenvalue weighted by molar-refractivity contribution is -0.161. The number of allylic oxidation sites excluding steroid dienone is 3. The second kappa shape index (κ2) is 18.6. The van der Waals surface area contributed by atoms with Crippen molar-refractivity contribution < 1.29 is 52.7 Å². The summed E-state index contributed by atoms with van der Waals surface area (Å²) in [4.78, 5) is 54.7. The second-order valence-electron chi connectivity index (χ2n) is 13.8. The topological polar surface area (TPSA) is 166 Å². The Kier molecular flexibility index (Phi) is 15.3. The van der Waals surface area contributed by atoms with Gasteiger partial charge >= 0.3 is 12.1 Å². The molecule has 1 unspecified atom stereocenters. The van der Waals surface area contributed by atoms with Crippen molar-refractivity contribution in [1.29, 1.82) is 0 Å². The molecule has 1 aromatic carbocycles. The zero-order chi connectivity index (χ0) is 39.8. The number of nitrogens with one attached hydrogen (secondary N) is 1. The Hall–Kier alpha value is -3.69. The maximum absolute atomic E-state index is 14.0. The first-order chi connectivity index (χ1) is 24.9. The summed E-state index contributed by atoms with van der Waals surface area (Å²) in [6, 6.07) is 2.63. The molecule has 3 amide bonds. The molecule has 2 saturated heterocycles. The van der Waals surface area contributed by atoms with Crippen LogP contribution in [0.3, 0.4) is 0 Å². The third-order valence-electron chi connectivity index (χ3n) is 10.0. The molecule has 4 bridgehead atoms. The lowest BCUT2D eigenvalue weighted by atomic mass is 9.83. The van der Waals surface area contributed by atoms with Crippen LogP contribution in [0.4, 0.5) is 10.5 Å². The second-order valence-corrected chi connectivity index (χ2v) is 14.2. The molecule has 296 valence electrons. The smallest absolute Gasteiger partial charge is 0.409 e. The van der Waals surface area contributed by atoms with E-state index in [0.29, 0.717) is 17.9 Å². The number of hydrogen-bond acceptors (Lipinski definition) is 11. The molecule has 3 aliphatic rings. The number of benzene rings is 1. The molecular formula is C38H56ClN3O11. The van der Waals surface area contributed by atoms with Crippen molar-refractivity contribution >= 4 is 41.2 Å². The number of aliphatic hydroxyl groups is 1. The highest BCUT2D eigenvalue weighted by Crippen LogP contribution is 2.49. The summed E-state index contributed by atoms with van der Waals surface area (Å²) >= 11 is 6.71. The van der Waals surface area contributed by atoms with Gasteiger partial charge in [-0.1, -0.05) is 42.3 Å². The quantitative estimate of drug-likeness (QED) is 0.295. The van der Waals surface area contributed by atoms with Gasteiger partial charge in [0.25, 0.3) is 0 Å². The molecule has 2 N–H and O–H groups in total. The summed E-state index contributed by atoms with van der Waals surface area (Å²) in [5, 5.41) is 14.4. The van der Waals surface area contributed by atoms with Gasteiger partial charge in [-0.05, 0) is 58.7 Å². The van der Waals surface area contributed by atoms with Crippen molar-refractivity contribution in [3.05, 3.63) is 46.5 Å². The molecule has 2 fully saturated rings. The molecule has 3 heterocycles. The van der Waals surface area contributed by atoms with Crippen molar-refractivity contribution in [2.75, 3.05) is 46.4 Å². The molecule has 14 nitrogen and oxygen atoms in total. The number of epoxide rings is 1. The van der Waals surface area contributed by atoms with Crippen LogP contribution in [-0.4, -0.2) is 117 Å². The van der Waals surface area contributed by atoms with Crippen LogP contribution in [0.2, 0.25) is 5.02 Å². The Bertz CT molecular complexity index is 1550. The number of hydrogen-bond donors (Lipinski definition) is 2. The average Bonchev–Trinajstić information content (AvgIpc) is 3.80. The standard InChI is InChI=1S/C34H46ClN3O10.C4H10O/c1-18-11-10-12-26(45-9)34(43)17-25(46-32(42)36-34)19(2)30-33(5,48-30)27(47-31(41)20(3)37(6)21(4)39)16-28(40)38(7)23-14-22(13-18)15-24(44-8)29(23)35;1-3-5-4-2/h10-12,14-15,19-20,25-27,30,43H,13,16-17H2,1-9H3,(H,36,42);3-4H2,1-2H3/b12-10+,18-11+;/t19-,20+,25+,26?,27+,30+,33+,34+;/m1./s1. The number of esters is 1. The van der Waals surface area contributed by atoms with Crippen LogP contribution in [0, 0.1) is 5.92 Å². The number of carbonyl (C=O) groups excluding carboxylic acids is 4. The summed E-state index contributed by atoms with van der Waals surface area (Å²) < 4.78 is 33.8. The Morgan fingerprint density at radius 1 is 1.21 bits per heavy atom. The van der Waals surface area contributed by atoms with E-state index in [0.717, 1.165) is 24.4 Å². The predicted molar refractivity (Wildman–Crippen MR) is 199 cm³/mol. The van der Waals surface area contributed by atoms with Crippen molar-refractivity contribution in [1.82, 2.24) is 10.2 Å². The fourth-order valence-electron chi connectivity index (χ4n) is 6.48. The molecule has 0 spiro atoms. The summed E-state index contributed by atoms with van der Waals surface area (Å²) in [6.07, 6.45) is 1.02. The van der Waals surface area contributed by atoms with E-state index >= 15 is 0 Å². The molecule has 15 heteroatoms. The molecule has 0 aliphatic carbocycles. The van der Waals surface area contributed by atoms with Gasteiger partial charge in [0.1, 0.15) is 40.7 Å². The monoisotopic (exact) mass is 765 g/mol. The van der Waals surface area contributed by atoms with Gasteiger partial charge in [0.2, 0.25) is 11.8 Å². The molecule has 0 aromatic heterocycles. The van der Waals surface area contributed by atoms with Crippen LogP contribution in [0.5, 0.6) is 5.75 Å². The SMILES string of the molecule is CCOCC.COc1cc2cc(c1Cl)N(C)C(=O)C[C@H](OC(=O)[C@H](C)N(C)C(C)=O)[C@]1(C)O[C@H]1[C@H](C)[C@@H]1C[C@@](O)(NC(=O)O1)C(OC)/C=C/C=C(\C)C2. The van der Waals surface area contributed by atoms with E-state index in [1.54, 1.807) is 45.2 Å². The summed E-state index contributed by atoms with van der Waals surface area (Å²) in [5.74, 6) is -1.63. The van der Waals surface area contributed by atoms with Gasteiger partial charge < -0.3 is 43.3 Å². The van der Waals surface area contributed by atoms with E-state index in [1.165, 1.54) is 44.9 Å². The number of anilines is 1. The molecule has 4 rings (SSSR count). The Morgan fingerprint density at radius 2 is 1.87 bits per heavy atom. The van der Waals surface area contributed by atoms with Gasteiger partial charge in [0.05, 0.1) is 25.3 Å².